The molecule has 1 heterocycles. The van der Waals surface area contributed by atoms with Gasteiger partial charge in [-0.3, -0.25) is 9.48 Å². The molecule has 0 saturated heterocycles. The number of aromatic nitrogens is 2. The van der Waals surface area contributed by atoms with Crippen LogP contribution >= 0.6 is 22.6 Å². The summed E-state index contributed by atoms with van der Waals surface area (Å²) in [5.74, 6) is 0.148. The van der Waals surface area contributed by atoms with Crippen molar-refractivity contribution < 1.29 is 4.79 Å². The van der Waals surface area contributed by atoms with Crippen molar-refractivity contribution >= 4 is 28.4 Å². The summed E-state index contributed by atoms with van der Waals surface area (Å²) < 4.78 is 2.89. The van der Waals surface area contributed by atoms with Gasteiger partial charge in [-0.05, 0) is 48.6 Å². The van der Waals surface area contributed by atoms with E-state index in [1.807, 2.05) is 48.9 Å². The van der Waals surface area contributed by atoms with Crippen LogP contribution in [-0.2, 0) is 13.0 Å². The van der Waals surface area contributed by atoms with Crippen molar-refractivity contribution in [2.45, 2.75) is 26.8 Å². The predicted molar refractivity (Wildman–Crippen MR) is 79.8 cm³/mol. The molecule has 3 nitrogen and oxygen atoms in total. The minimum Gasteiger partial charge on any atom is -0.294 e. The molecule has 0 atom stereocenters. The Hall–Kier alpha value is -1.17. The van der Waals surface area contributed by atoms with Gasteiger partial charge in [0.15, 0.2) is 5.78 Å². The predicted octanol–water partition coefficient (Wildman–Crippen LogP) is 3.24. The first-order valence-electron chi connectivity index (χ1n) is 5.93. The number of hydrogen-bond acceptors (Lipinski definition) is 2. The molecule has 0 aliphatic rings. The summed E-state index contributed by atoms with van der Waals surface area (Å²) in [4.78, 5) is 12.3. The third-order valence-corrected chi connectivity index (χ3v) is 3.74. The van der Waals surface area contributed by atoms with Crippen LogP contribution in [0.25, 0.3) is 0 Å². The Bertz CT molecular complexity index is 575. The Morgan fingerprint density at radius 2 is 2.11 bits per heavy atom. The van der Waals surface area contributed by atoms with E-state index in [4.69, 9.17) is 0 Å². The van der Waals surface area contributed by atoms with E-state index in [9.17, 15) is 4.79 Å². The molecule has 2 aromatic rings. The maximum atomic E-state index is 12.3. The maximum absolute atomic E-state index is 12.3. The summed E-state index contributed by atoms with van der Waals surface area (Å²) in [7, 11) is 0. The number of carbonyl (C=O) groups is 1. The smallest absolute Gasteiger partial charge is 0.169 e. The van der Waals surface area contributed by atoms with Crippen molar-refractivity contribution in [2.24, 2.45) is 0 Å². The molecule has 0 N–H and O–H groups in total. The number of halogens is 1. The molecular formula is C14H15IN2O. The minimum atomic E-state index is 0.148. The third kappa shape index (κ3) is 2.80. The lowest BCUT2D eigenvalue weighted by Gasteiger charge is -2.05. The van der Waals surface area contributed by atoms with Gasteiger partial charge in [0, 0.05) is 21.4 Å². The summed E-state index contributed by atoms with van der Waals surface area (Å²) in [6.45, 7) is 4.78. The van der Waals surface area contributed by atoms with Gasteiger partial charge >= 0.3 is 0 Å². The quantitative estimate of drug-likeness (QED) is 0.624. The van der Waals surface area contributed by atoms with E-state index in [1.165, 1.54) is 0 Å². The second kappa shape index (κ2) is 5.65. The maximum Gasteiger partial charge on any atom is 0.169 e. The Labute approximate surface area is 120 Å². The van der Waals surface area contributed by atoms with Crippen molar-refractivity contribution in [1.82, 2.24) is 9.78 Å². The van der Waals surface area contributed by atoms with Crippen LogP contribution in [0.4, 0.5) is 0 Å². The Morgan fingerprint density at radius 1 is 1.39 bits per heavy atom. The summed E-state index contributed by atoms with van der Waals surface area (Å²) in [6.07, 6.45) is 0.411. The normalized spacial score (nSPS) is 10.6. The average molecular weight is 354 g/mol. The van der Waals surface area contributed by atoms with E-state index in [0.29, 0.717) is 6.42 Å². The van der Waals surface area contributed by atoms with Gasteiger partial charge in [-0.2, -0.15) is 5.10 Å². The number of nitrogens with zero attached hydrogens (tertiary/aromatic N) is 2. The summed E-state index contributed by atoms with van der Waals surface area (Å²) >= 11 is 2.20. The first kappa shape index (κ1) is 13.3. The highest BCUT2D eigenvalue weighted by Gasteiger charge is 2.13. The Kier molecular flexibility index (Phi) is 4.16. The SMILES string of the molecule is CCn1nc(C)cc1CC(=O)c1ccccc1I. The fraction of sp³-hybridized carbons (Fsp3) is 0.286. The second-order valence-corrected chi connectivity index (χ2v) is 5.33. The number of hydrogen-bond donors (Lipinski definition) is 0. The zero-order valence-electron chi connectivity index (χ0n) is 10.5. The molecule has 94 valence electrons. The lowest BCUT2D eigenvalue weighted by Crippen LogP contribution is -2.10. The lowest BCUT2D eigenvalue weighted by molar-refractivity contribution is 0.0989. The van der Waals surface area contributed by atoms with Gasteiger partial charge < -0.3 is 0 Å². The molecule has 18 heavy (non-hydrogen) atoms. The molecule has 0 unspecified atom stereocenters. The highest BCUT2D eigenvalue weighted by molar-refractivity contribution is 14.1. The minimum absolute atomic E-state index is 0.148. The van der Waals surface area contributed by atoms with Crippen molar-refractivity contribution in [2.75, 3.05) is 0 Å². The van der Waals surface area contributed by atoms with Crippen molar-refractivity contribution in [3.05, 3.63) is 50.9 Å². The Balaban J connectivity index is 2.24. The van der Waals surface area contributed by atoms with E-state index in [0.717, 1.165) is 27.1 Å². The van der Waals surface area contributed by atoms with E-state index >= 15 is 0 Å². The molecule has 2 rings (SSSR count). The van der Waals surface area contributed by atoms with E-state index in [2.05, 4.69) is 27.7 Å². The number of Topliss-reactive ketones (excluding diaryl/α,β-unsaturated/α-hetero) is 1. The van der Waals surface area contributed by atoms with Crippen LogP contribution in [0.15, 0.2) is 30.3 Å². The molecule has 0 amide bonds. The zero-order valence-corrected chi connectivity index (χ0v) is 12.6. The number of aryl methyl sites for hydroxylation is 2. The fourth-order valence-electron chi connectivity index (χ4n) is 1.96. The van der Waals surface area contributed by atoms with Gasteiger partial charge in [-0.15, -0.1) is 0 Å². The number of benzene rings is 1. The summed E-state index contributed by atoms with van der Waals surface area (Å²) in [5, 5.41) is 4.36. The van der Waals surface area contributed by atoms with Crippen LogP contribution in [0.2, 0.25) is 0 Å². The molecule has 0 aliphatic carbocycles. The molecule has 0 spiro atoms. The van der Waals surface area contributed by atoms with E-state index in [-0.39, 0.29) is 5.78 Å². The first-order valence-corrected chi connectivity index (χ1v) is 7.00. The van der Waals surface area contributed by atoms with Crippen LogP contribution in [0.3, 0.4) is 0 Å². The highest BCUT2D eigenvalue weighted by atomic mass is 127. The monoisotopic (exact) mass is 354 g/mol. The average Bonchev–Trinajstić information content (AvgIpc) is 2.70. The van der Waals surface area contributed by atoms with Gasteiger partial charge in [0.2, 0.25) is 0 Å². The number of carbonyl (C=O) groups excluding carboxylic acids is 1. The third-order valence-electron chi connectivity index (χ3n) is 2.80. The van der Waals surface area contributed by atoms with Crippen LogP contribution in [0.5, 0.6) is 0 Å². The molecule has 0 bridgehead atoms. The largest absolute Gasteiger partial charge is 0.294 e. The van der Waals surface area contributed by atoms with Gasteiger partial charge in [-0.1, -0.05) is 18.2 Å². The molecule has 0 fully saturated rings. The van der Waals surface area contributed by atoms with Crippen LogP contribution in [0.1, 0.15) is 28.7 Å². The van der Waals surface area contributed by atoms with Gasteiger partial charge in [0.05, 0.1) is 12.1 Å². The zero-order chi connectivity index (χ0) is 13.1. The van der Waals surface area contributed by atoms with Crippen LogP contribution in [-0.4, -0.2) is 15.6 Å². The van der Waals surface area contributed by atoms with Gasteiger partial charge in [0.25, 0.3) is 0 Å². The standard InChI is InChI=1S/C14H15IN2O/c1-3-17-11(8-10(2)16-17)9-14(18)12-6-4-5-7-13(12)15/h4-8H,3,9H2,1-2H3. The fourth-order valence-corrected chi connectivity index (χ4v) is 2.65. The topological polar surface area (TPSA) is 34.9 Å². The molecule has 0 aliphatic heterocycles. The molecule has 0 radical (unpaired) electrons. The van der Waals surface area contributed by atoms with Gasteiger partial charge in [-0.25, -0.2) is 0 Å². The van der Waals surface area contributed by atoms with E-state index in [1.54, 1.807) is 0 Å². The van der Waals surface area contributed by atoms with Crippen LogP contribution in [0, 0.1) is 10.5 Å². The molecule has 4 heteroatoms. The summed E-state index contributed by atoms with van der Waals surface area (Å²) in [5.41, 5.74) is 2.74. The second-order valence-electron chi connectivity index (χ2n) is 4.17. The van der Waals surface area contributed by atoms with Gasteiger partial charge in [0.1, 0.15) is 0 Å². The van der Waals surface area contributed by atoms with Crippen molar-refractivity contribution in [1.29, 1.82) is 0 Å². The summed E-state index contributed by atoms with van der Waals surface area (Å²) in [6, 6.07) is 9.66. The highest BCUT2D eigenvalue weighted by Crippen LogP contribution is 2.15. The number of ketones is 1. The van der Waals surface area contributed by atoms with Crippen LogP contribution < -0.4 is 0 Å². The number of rotatable bonds is 4. The van der Waals surface area contributed by atoms with Crippen molar-refractivity contribution in [3.8, 4) is 0 Å². The molecule has 0 saturated carbocycles. The molecular weight excluding hydrogens is 339 g/mol. The molecule has 1 aromatic heterocycles. The Morgan fingerprint density at radius 3 is 2.78 bits per heavy atom. The van der Waals surface area contributed by atoms with Crippen molar-refractivity contribution in [3.63, 3.8) is 0 Å². The van der Waals surface area contributed by atoms with E-state index < -0.39 is 0 Å². The lowest BCUT2D eigenvalue weighted by atomic mass is 10.1. The first-order chi connectivity index (χ1) is 8.61. The molecule has 1 aromatic carbocycles.